The van der Waals surface area contributed by atoms with E-state index in [4.69, 9.17) is 0 Å². The third-order valence-electron chi connectivity index (χ3n) is 5.15. The van der Waals surface area contributed by atoms with Crippen LogP contribution in [0.1, 0.15) is 12.8 Å². The van der Waals surface area contributed by atoms with Gasteiger partial charge in [-0.15, -0.1) is 0 Å². The predicted molar refractivity (Wildman–Crippen MR) is 108 cm³/mol. The van der Waals surface area contributed by atoms with E-state index in [1.54, 1.807) is 18.2 Å². The maximum atomic E-state index is 13.1. The minimum Gasteiger partial charge on any atom is -0.273 e. The largest absolute Gasteiger partial charge is 0.289 e. The van der Waals surface area contributed by atoms with Crippen molar-refractivity contribution >= 4 is 32.9 Å². The molecule has 2 heterocycles. The van der Waals surface area contributed by atoms with Crippen molar-refractivity contribution < 1.29 is 18.0 Å². The summed E-state index contributed by atoms with van der Waals surface area (Å²) in [5, 5.41) is -0.220. The molecule has 2 amide bonds. The van der Waals surface area contributed by atoms with Crippen LogP contribution in [0.4, 0.5) is 4.79 Å². The number of benzene rings is 2. The summed E-state index contributed by atoms with van der Waals surface area (Å²) in [7, 11) is -3.63. The van der Waals surface area contributed by atoms with Gasteiger partial charge < -0.3 is 0 Å². The third-order valence-corrected chi connectivity index (χ3v) is 7.88. The van der Waals surface area contributed by atoms with Gasteiger partial charge in [-0.2, -0.15) is 4.31 Å². The van der Waals surface area contributed by atoms with Crippen LogP contribution in [0.25, 0.3) is 11.1 Å². The Balaban J connectivity index is 1.51. The number of imide groups is 1. The third kappa shape index (κ3) is 3.59. The summed E-state index contributed by atoms with van der Waals surface area (Å²) in [4.78, 5) is 25.4. The smallest absolute Gasteiger partial charge is 0.273 e. The number of nitrogens with zero attached hydrogens (tertiary/aromatic N) is 2. The molecule has 0 bridgehead atoms. The Morgan fingerprint density at radius 2 is 1.57 bits per heavy atom. The normalized spacial score (nSPS) is 19.4. The highest BCUT2D eigenvalue weighted by Crippen LogP contribution is 2.30. The fourth-order valence-electron chi connectivity index (χ4n) is 3.67. The lowest BCUT2D eigenvalue weighted by atomic mass is 10.1. The predicted octanol–water partition coefficient (Wildman–Crippen LogP) is 3.20. The molecule has 0 radical (unpaired) electrons. The van der Waals surface area contributed by atoms with E-state index in [-0.39, 0.29) is 27.8 Å². The lowest BCUT2D eigenvalue weighted by Crippen LogP contribution is -2.48. The Hall–Kier alpha value is -2.16. The molecule has 0 aromatic heterocycles. The number of carbonyl (C=O) groups is 2. The molecule has 0 atom stereocenters. The molecule has 2 aliphatic rings. The van der Waals surface area contributed by atoms with Crippen molar-refractivity contribution in [1.29, 1.82) is 0 Å². The lowest BCUT2D eigenvalue weighted by Gasteiger charge is -2.34. The van der Waals surface area contributed by atoms with Crippen molar-refractivity contribution in [3.05, 3.63) is 54.6 Å². The van der Waals surface area contributed by atoms with Gasteiger partial charge in [0.15, 0.2) is 0 Å². The van der Waals surface area contributed by atoms with E-state index in [0.717, 1.165) is 22.9 Å². The molecule has 0 N–H and O–H groups in total. The van der Waals surface area contributed by atoms with Gasteiger partial charge in [-0.25, -0.2) is 8.42 Å². The Bertz CT molecular complexity index is 984. The highest BCUT2D eigenvalue weighted by Gasteiger charge is 2.39. The first-order chi connectivity index (χ1) is 13.5. The zero-order valence-corrected chi connectivity index (χ0v) is 16.8. The Kier molecular flexibility index (Phi) is 5.27. The van der Waals surface area contributed by atoms with Gasteiger partial charge >= 0.3 is 0 Å². The average molecular weight is 417 g/mol. The molecule has 6 nitrogen and oxygen atoms in total. The molecule has 0 aliphatic carbocycles. The van der Waals surface area contributed by atoms with Crippen LogP contribution >= 0.6 is 11.8 Å². The zero-order valence-electron chi connectivity index (χ0n) is 15.2. The molecular formula is C20H20N2O4S2. The topological polar surface area (TPSA) is 74.8 Å². The van der Waals surface area contributed by atoms with Gasteiger partial charge in [-0.05, 0) is 36.1 Å². The molecule has 2 aromatic rings. The van der Waals surface area contributed by atoms with Crippen LogP contribution in [0.15, 0.2) is 59.5 Å². The van der Waals surface area contributed by atoms with Crippen molar-refractivity contribution in [1.82, 2.24) is 9.21 Å². The maximum absolute atomic E-state index is 13.1. The number of hydrogen-bond donors (Lipinski definition) is 0. The van der Waals surface area contributed by atoms with E-state index in [2.05, 4.69) is 0 Å². The summed E-state index contributed by atoms with van der Waals surface area (Å²) in [5.41, 5.74) is 1.81. The first-order valence-corrected chi connectivity index (χ1v) is 11.5. The molecule has 0 spiro atoms. The second-order valence-corrected chi connectivity index (χ2v) is 9.71. The molecule has 28 heavy (non-hydrogen) atoms. The molecule has 2 saturated heterocycles. The van der Waals surface area contributed by atoms with Gasteiger partial charge in [0.1, 0.15) is 0 Å². The number of amides is 2. The summed E-state index contributed by atoms with van der Waals surface area (Å²) >= 11 is 1.02. The first kappa shape index (κ1) is 19.2. The minimum atomic E-state index is -3.63. The number of piperidine rings is 1. The fraction of sp³-hybridized carbons (Fsp3) is 0.300. The van der Waals surface area contributed by atoms with Crippen LogP contribution in [0.3, 0.4) is 0 Å². The van der Waals surface area contributed by atoms with Gasteiger partial charge in [0.25, 0.3) is 5.24 Å². The summed E-state index contributed by atoms with van der Waals surface area (Å²) in [6, 6.07) is 16.4. The van der Waals surface area contributed by atoms with Crippen LogP contribution in [-0.2, 0) is 14.8 Å². The van der Waals surface area contributed by atoms with E-state index in [1.165, 1.54) is 9.21 Å². The highest BCUT2D eigenvalue weighted by molar-refractivity contribution is 8.14. The SMILES string of the molecule is O=C1CSC(=O)N1C1CCN(S(=O)(=O)c2cccc(-c3ccccc3)c2)CC1. The molecule has 0 unspecified atom stereocenters. The van der Waals surface area contributed by atoms with E-state index in [1.807, 2.05) is 36.4 Å². The van der Waals surface area contributed by atoms with Crippen molar-refractivity contribution in [2.75, 3.05) is 18.8 Å². The molecule has 0 saturated carbocycles. The molecule has 2 aromatic carbocycles. The quantitative estimate of drug-likeness (QED) is 0.765. The first-order valence-electron chi connectivity index (χ1n) is 9.11. The van der Waals surface area contributed by atoms with E-state index in [9.17, 15) is 18.0 Å². The second-order valence-electron chi connectivity index (χ2n) is 6.85. The fourth-order valence-corrected chi connectivity index (χ4v) is 5.97. The van der Waals surface area contributed by atoms with Gasteiger partial charge in [-0.1, -0.05) is 54.2 Å². The van der Waals surface area contributed by atoms with E-state index < -0.39 is 10.0 Å². The monoisotopic (exact) mass is 416 g/mol. The van der Waals surface area contributed by atoms with E-state index >= 15 is 0 Å². The minimum absolute atomic E-state index is 0.174. The van der Waals surface area contributed by atoms with Crippen LogP contribution in [0, 0.1) is 0 Å². The molecule has 2 aliphatic heterocycles. The van der Waals surface area contributed by atoms with Gasteiger partial charge in [0.2, 0.25) is 15.9 Å². The highest BCUT2D eigenvalue weighted by atomic mass is 32.2. The van der Waals surface area contributed by atoms with Crippen molar-refractivity contribution in [2.45, 2.75) is 23.8 Å². The Morgan fingerprint density at radius 1 is 0.893 bits per heavy atom. The molecular weight excluding hydrogens is 396 g/mol. The average Bonchev–Trinajstić information content (AvgIpc) is 3.07. The number of sulfonamides is 1. The lowest BCUT2D eigenvalue weighted by molar-refractivity contribution is -0.126. The number of thioether (sulfide) groups is 1. The maximum Gasteiger partial charge on any atom is 0.289 e. The van der Waals surface area contributed by atoms with Crippen molar-refractivity contribution in [2.24, 2.45) is 0 Å². The van der Waals surface area contributed by atoms with Gasteiger partial charge in [0.05, 0.1) is 10.6 Å². The van der Waals surface area contributed by atoms with Crippen LogP contribution < -0.4 is 0 Å². The van der Waals surface area contributed by atoms with Crippen molar-refractivity contribution in [3.63, 3.8) is 0 Å². The standard InChI is InChI=1S/C20H20N2O4S2/c23-19-14-27-20(24)22(19)17-9-11-21(12-10-17)28(25,26)18-8-4-7-16(13-18)15-5-2-1-3-6-15/h1-8,13,17H,9-12,14H2. The number of carbonyl (C=O) groups excluding carboxylic acids is 2. The molecule has 4 rings (SSSR count). The molecule has 146 valence electrons. The number of hydrogen-bond acceptors (Lipinski definition) is 5. The van der Waals surface area contributed by atoms with Gasteiger partial charge in [0, 0.05) is 19.1 Å². The van der Waals surface area contributed by atoms with Crippen LogP contribution in [0.2, 0.25) is 0 Å². The molecule has 2 fully saturated rings. The van der Waals surface area contributed by atoms with Crippen LogP contribution in [-0.4, -0.2) is 53.7 Å². The number of rotatable bonds is 4. The van der Waals surface area contributed by atoms with Crippen LogP contribution in [0.5, 0.6) is 0 Å². The van der Waals surface area contributed by atoms with Crippen molar-refractivity contribution in [3.8, 4) is 11.1 Å². The van der Waals surface area contributed by atoms with E-state index in [0.29, 0.717) is 25.9 Å². The van der Waals surface area contributed by atoms with Gasteiger partial charge in [-0.3, -0.25) is 14.5 Å². The summed E-state index contributed by atoms with van der Waals surface area (Å²) in [6.45, 7) is 0.592. The summed E-state index contributed by atoms with van der Waals surface area (Å²) in [6.07, 6.45) is 0.936. The molecule has 8 heteroatoms. The Morgan fingerprint density at radius 3 is 2.21 bits per heavy atom. The summed E-state index contributed by atoms with van der Waals surface area (Å²) in [5.74, 6) is 0.00996. The summed E-state index contributed by atoms with van der Waals surface area (Å²) < 4.78 is 27.7. The second kappa shape index (κ2) is 7.69. The Labute approximate surface area is 168 Å². The zero-order chi connectivity index (χ0) is 19.7.